The van der Waals surface area contributed by atoms with Crippen LogP contribution in [-0.2, 0) is 0 Å². The molecule has 5 heteroatoms. The fraction of sp³-hybridized carbons (Fsp3) is 0.200. The van der Waals surface area contributed by atoms with E-state index in [4.69, 9.17) is 27.9 Å². The molecule has 1 aliphatic heterocycles. The number of para-hydroxylation sites is 1. The average molecular weight is 312 g/mol. The van der Waals surface area contributed by atoms with Gasteiger partial charge in [0, 0.05) is 17.0 Å². The molecule has 0 aromatic heterocycles. The molecule has 20 heavy (non-hydrogen) atoms. The summed E-state index contributed by atoms with van der Waals surface area (Å²) in [5, 5.41) is 4.21. The van der Waals surface area contributed by atoms with Gasteiger partial charge < -0.3 is 10.1 Å². The fourth-order valence-corrected chi connectivity index (χ4v) is 2.91. The van der Waals surface area contributed by atoms with Crippen molar-refractivity contribution in [2.24, 2.45) is 0 Å². The molecule has 0 spiro atoms. The van der Waals surface area contributed by atoms with Crippen molar-refractivity contribution in [3.05, 3.63) is 57.8 Å². The van der Waals surface area contributed by atoms with Crippen molar-refractivity contribution in [3.63, 3.8) is 0 Å². The van der Waals surface area contributed by atoms with E-state index >= 15 is 0 Å². The lowest BCUT2D eigenvalue weighted by molar-refractivity contribution is 0.274. The van der Waals surface area contributed by atoms with Crippen LogP contribution in [0.25, 0.3) is 0 Å². The quantitative estimate of drug-likeness (QED) is 0.836. The van der Waals surface area contributed by atoms with Crippen molar-refractivity contribution in [1.82, 2.24) is 0 Å². The van der Waals surface area contributed by atoms with Gasteiger partial charge in [-0.15, -0.1) is 0 Å². The van der Waals surface area contributed by atoms with E-state index in [9.17, 15) is 4.39 Å². The lowest BCUT2D eigenvalue weighted by Gasteiger charge is -2.28. The average Bonchev–Trinajstić information content (AvgIpc) is 2.42. The summed E-state index contributed by atoms with van der Waals surface area (Å²) in [5.74, 6) is 0.338. The van der Waals surface area contributed by atoms with Crippen molar-refractivity contribution in [2.75, 3.05) is 11.9 Å². The molecule has 2 aromatic rings. The van der Waals surface area contributed by atoms with Crippen LogP contribution >= 0.6 is 23.2 Å². The molecule has 0 saturated carbocycles. The summed E-state index contributed by atoms with van der Waals surface area (Å²) in [6.07, 6.45) is 0.720. The van der Waals surface area contributed by atoms with Crippen LogP contribution in [0.3, 0.4) is 0 Å². The molecule has 2 aromatic carbocycles. The molecule has 1 heterocycles. The molecule has 2 nitrogen and oxygen atoms in total. The molecule has 1 N–H and O–H groups in total. The van der Waals surface area contributed by atoms with Gasteiger partial charge in [0.25, 0.3) is 0 Å². The van der Waals surface area contributed by atoms with Crippen LogP contribution in [0.15, 0.2) is 36.4 Å². The first-order chi connectivity index (χ1) is 9.65. The summed E-state index contributed by atoms with van der Waals surface area (Å²) in [6, 6.07) is 9.95. The van der Waals surface area contributed by atoms with E-state index in [1.54, 1.807) is 30.3 Å². The highest BCUT2D eigenvalue weighted by atomic mass is 35.5. The number of benzene rings is 2. The van der Waals surface area contributed by atoms with E-state index in [-0.39, 0.29) is 11.9 Å². The number of rotatable bonds is 2. The Morgan fingerprint density at radius 1 is 1.20 bits per heavy atom. The minimum atomic E-state index is -0.284. The summed E-state index contributed by atoms with van der Waals surface area (Å²) in [5.41, 5.74) is 1.32. The highest BCUT2D eigenvalue weighted by molar-refractivity contribution is 6.35. The molecule has 3 rings (SSSR count). The zero-order valence-corrected chi connectivity index (χ0v) is 12.0. The van der Waals surface area contributed by atoms with E-state index in [0.717, 1.165) is 12.0 Å². The molecule has 0 aliphatic carbocycles. The minimum absolute atomic E-state index is 0.0770. The summed E-state index contributed by atoms with van der Waals surface area (Å²) in [7, 11) is 0. The van der Waals surface area contributed by atoms with E-state index in [1.807, 2.05) is 0 Å². The number of anilines is 1. The Hall–Kier alpha value is -1.45. The third kappa shape index (κ3) is 2.56. The second-order valence-corrected chi connectivity index (χ2v) is 5.46. The predicted molar refractivity (Wildman–Crippen MR) is 79.3 cm³/mol. The maximum absolute atomic E-state index is 13.7. The van der Waals surface area contributed by atoms with Crippen molar-refractivity contribution in [1.29, 1.82) is 0 Å². The summed E-state index contributed by atoms with van der Waals surface area (Å²) in [6.45, 7) is 0.528. The van der Waals surface area contributed by atoms with Crippen LogP contribution in [0.4, 0.5) is 10.1 Å². The Morgan fingerprint density at radius 2 is 2.00 bits per heavy atom. The van der Waals surface area contributed by atoms with Crippen molar-refractivity contribution in [3.8, 4) is 5.75 Å². The molecular weight excluding hydrogens is 300 g/mol. The summed E-state index contributed by atoms with van der Waals surface area (Å²) >= 11 is 12.2. The van der Waals surface area contributed by atoms with E-state index in [0.29, 0.717) is 28.1 Å². The van der Waals surface area contributed by atoms with Crippen LogP contribution in [-0.4, -0.2) is 6.61 Å². The van der Waals surface area contributed by atoms with Crippen LogP contribution in [0.1, 0.15) is 18.0 Å². The topological polar surface area (TPSA) is 21.3 Å². The predicted octanol–water partition coefficient (Wildman–Crippen LogP) is 5.07. The van der Waals surface area contributed by atoms with E-state index in [2.05, 4.69) is 5.32 Å². The van der Waals surface area contributed by atoms with Crippen LogP contribution < -0.4 is 10.1 Å². The first-order valence-electron chi connectivity index (χ1n) is 6.28. The Bertz CT molecular complexity index is 648. The largest absolute Gasteiger partial charge is 0.492 e. The van der Waals surface area contributed by atoms with Gasteiger partial charge in [-0.2, -0.15) is 0 Å². The number of ether oxygens (including phenoxy) is 1. The zero-order valence-electron chi connectivity index (χ0n) is 10.5. The molecule has 1 unspecified atom stereocenters. The highest BCUT2D eigenvalue weighted by Gasteiger charge is 2.24. The van der Waals surface area contributed by atoms with Gasteiger partial charge in [-0.25, -0.2) is 4.39 Å². The van der Waals surface area contributed by atoms with Crippen molar-refractivity contribution in [2.45, 2.75) is 12.5 Å². The fourth-order valence-electron chi connectivity index (χ4n) is 2.34. The van der Waals surface area contributed by atoms with Crippen LogP contribution in [0.5, 0.6) is 5.75 Å². The van der Waals surface area contributed by atoms with Gasteiger partial charge in [0.2, 0.25) is 0 Å². The maximum Gasteiger partial charge on any atom is 0.146 e. The molecule has 1 aliphatic rings. The summed E-state index contributed by atoms with van der Waals surface area (Å²) < 4.78 is 19.3. The monoisotopic (exact) mass is 311 g/mol. The lowest BCUT2D eigenvalue weighted by Crippen LogP contribution is -2.21. The van der Waals surface area contributed by atoms with Gasteiger partial charge in [0.05, 0.1) is 23.4 Å². The van der Waals surface area contributed by atoms with Gasteiger partial charge in [-0.1, -0.05) is 35.3 Å². The second kappa shape index (κ2) is 5.51. The van der Waals surface area contributed by atoms with Crippen LogP contribution in [0.2, 0.25) is 10.0 Å². The summed E-state index contributed by atoms with van der Waals surface area (Å²) in [4.78, 5) is 0. The van der Waals surface area contributed by atoms with Gasteiger partial charge in [0.15, 0.2) is 0 Å². The molecule has 0 radical (unpaired) electrons. The SMILES string of the molecule is Fc1ccccc1NC1CCOc2c(Cl)cc(Cl)cc21. The number of hydrogen-bond donors (Lipinski definition) is 1. The van der Waals surface area contributed by atoms with E-state index < -0.39 is 0 Å². The Labute approximate surface area is 126 Å². The molecule has 0 fully saturated rings. The minimum Gasteiger partial charge on any atom is -0.492 e. The first-order valence-corrected chi connectivity index (χ1v) is 7.03. The Kier molecular flexibility index (Phi) is 3.72. The normalized spacial score (nSPS) is 17.2. The number of nitrogens with one attached hydrogen (secondary N) is 1. The van der Waals surface area contributed by atoms with E-state index in [1.165, 1.54) is 6.07 Å². The highest BCUT2D eigenvalue weighted by Crippen LogP contribution is 2.41. The third-order valence-electron chi connectivity index (χ3n) is 3.27. The zero-order chi connectivity index (χ0) is 14.1. The number of halogens is 3. The van der Waals surface area contributed by atoms with Crippen LogP contribution in [0, 0.1) is 5.82 Å². The van der Waals surface area contributed by atoms with Crippen molar-refractivity contribution >= 4 is 28.9 Å². The molecule has 0 saturated heterocycles. The molecule has 0 amide bonds. The lowest BCUT2D eigenvalue weighted by atomic mass is 10.00. The smallest absolute Gasteiger partial charge is 0.146 e. The van der Waals surface area contributed by atoms with Gasteiger partial charge in [-0.3, -0.25) is 0 Å². The van der Waals surface area contributed by atoms with Gasteiger partial charge in [-0.05, 0) is 24.3 Å². The van der Waals surface area contributed by atoms with Gasteiger partial charge in [0.1, 0.15) is 11.6 Å². The van der Waals surface area contributed by atoms with Crippen molar-refractivity contribution < 1.29 is 9.13 Å². The Balaban J connectivity index is 1.96. The second-order valence-electron chi connectivity index (χ2n) is 4.62. The number of fused-ring (bicyclic) bond motifs is 1. The Morgan fingerprint density at radius 3 is 2.80 bits per heavy atom. The first kappa shape index (κ1) is 13.5. The maximum atomic E-state index is 13.7. The number of hydrogen-bond acceptors (Lipinski definition) is 2. The molecule has 0 bridgehead atoms. The molecular formula is C15H12Cl2FNO. The van der Waals surface area contributed by atoms with Gasteiger partial charge >= 0.3 is 0 Å². The standard InChI is InChI=1S/C15H12Cl2FNO/c16-9-7-10-13(5-6-20-15(10)11(17)8-9)19-14-4-2-1-3-12(14)18/h1-4,7-8,13,19H,5-6H2. The molecule has 1 atom stereocenters. The molecule has 104 valence electrons. The third-order valence-corrected chi connectivity index (χ3v) is 3.77.